The molecule has 0 saturated carbocycles. The van der Waals surface area contributed by atoms with E-state index >= 15 is 0 Å². The lowest BCUT2D eigenvalue weighted by Crippen LogP contribution is -1.99. The first-order chi connectivity index (χ1) is 7.54. The third kappa shape index (κ3) is 22.8. The SMILES string of the molecule is C/C=C/C=C/C(=O)O.CCCCOC(C)=O. The molecule has 0 amide bonds. The molecule has 0 atom stereocenters. The first kappa shape index (κ1) is 16.8. The van der Waals surface area contributed by atoms with E-state index in [1.165, 1.54) is 13.0 Å². The van der Waals surface area contributed by atoms with Crippen molar-refractivity contribution in [3.8, 4) is 0 Å². The zero-order valence-corrected chi connectivity index (χ0v) is 10.1. The van der Waals surface area contributed by atoms with Crippen molar-refractivity contribution in [1.82, 2.24) is 0 Å². The summed E-state index contributed by atoms with van der Waals surface area (Å²) in [7, 11) is 0. The monoisotopic (exact) mass is 228 g/mol. The number of esters is 1. The van der Waals surface area contributed by atoms with Gasteiger partial charge in [0.2, 0.25) is 0 Å². The molecule has 0 fully saturated rings. The van der Waals surface area contributed by atoms with Crippen molar-refractivity contribution >= 4 is 11.9 Å². The summed E-state index contributed by atoms with van der Waals surface area (Å²) in [4.78, 5) is 19.8. The van der Waals surface area contributed by atoms with E-state index in [1.54, 1.807) is 12.2 Å². The van der Waals surface area contributed by atoms with Gasteiger partial charge in [0.15, 0.2) is 0 Å². The van der Waals surface area contributed by atoms with Crippen molar-refractivity contribution in [3.05, 3.63) is 24.3 Å². The second-order valence-electron chi connectivity index (χ2n) is 2.92. The van der Waals surface area contributed by atoms with Crippen LogP contribution in [-0.4, -0.2) is 23.7 Å². The quantitative estimate of drug-likeness (QED) is 0.340. The van der Waals surface area contributed by atoms with Gasteiger partial charge in [0.1, 0.15) is 0 Å². The van der Waals surface area contributed by atoms with Crippen LogP contribution in [0.15, 0.2) is 24.3 Å². The number of ether oxygens (including phenoxy) is 1. The topological polar surface area (TPSA) is 63.6 Å². The molecular weight excluding hydrogens is 208 g/mol. The van der Waals surface area contributed by atoms with Gasteiger partial charge >= 0.3 is 11.9 Å². The van der Waals surface area contributed by atoms with E-state index in [4.69, 9.17) is 5.11 Å². The largest absolute Gasteiger partial charge is 0.478 e. The van der Waals surface area contributed by atoms with E-state index in [2.05, 4.69) is 11.7 Å². The number of hydrogen-bond donors (Lipinski definition) is 1. The molecule has 0 aromatic rings. The Morgan fingerprint density at radius 2 is 1.94 bits per heavy atom. The average Bonchev–Trinajstić information content (AvgIpc) is 2.18. The van der Waals surface area contributed by atoms with Crippen molar-refractivity contribution in [2.75, 3.05) is 6.61 Å². The highest BCUT2D eigenvalue weighted by Gasteiger charge is 1.88. The van der Waals surface area contributed by atoms with Gasteiger partial charge in [0.05, 0.1) is 6.61 Å². The zero-order valence-electron chi connectivity index (χ0n) is 10.1. The van der Waals surface area contributed by atoms with Gasteiger partial charge in [0, 0.05) is 13.0 Å². The van der Waals surface area contributed by atoms with Gasteiger partial charge in [-0.2, -0.15) is 0 Å². The molecule has 1 N–H and O–H groups in total. The molecular formula is C12H20O4. The van der Waals surface area contributed by atoms with Gasteiger partial charge in [-0.15, -0.1) is 0 Å². The molecule has 4 heteroatoms. The van der Waals surface area contributed by atoms with E-state index in [0.717, 1.165) is 18.9 Å². The second kappa shape index (κ2) is 13.4. The molecule has 0 unspecified atom stereocenters. The van der Waals surface area contributed by atoms with Crippen molar-refractivity contribution < 1.29 is 19.4 Å². The van der Waals surface area contributed by atoms with Crippen LogP contribution in [0.25, 0.3) is 0 Å². The lowest BCUT2D eigenvalue weighted by atomic mass is 10.4. The Hall–Kier alpha value is -1.58. The number of aliphatic carboxylic acids is 1. The number of hydrogen-bond acceptors (Lipinski definition) is 3. The highest BCUT2D eigenvalue weighted by Crippen LogP contribution is 1.86. The lowest BCUT2D eigenvalue weighted by molar-refractivity contribution is -0.141. The second-order valence-corrected chi connectivity index (χ2v) is 2.92. The minimum atomic E-state index is -0.914. The van der Waals surface area contributed by atoms with Crippen LogP contribution in [0.3, 0.4) is 0 Å². The van der Waals surface area contributed by atoms with Crippen molar-refractivity contribution in [1.29, 1.82) is 0 Å². The summed E-state index contributed by atoms with van der Waals surface area (Å²) in [6, 6.07) is 0. The first-order valence-corrected chi connectivity index (χ1v) is 5.20. The van der Waals surface area contributed by atoms with Gasteiger partial charge in [-0.25, -0.2) is 4.79 Å². The fraction of sp³-hybridized carbons (Fsp3) is 0.500. The number of unbranched alkanes of at least 4 members (excludes halogenated alkanes) is 1. The van der Waals surface area contributed by atoms with Gasteiger partial charge in [-0.1, -0.05) is 31.6 Å². The van der Waals surface area contributed by atoms with Crippen molar-refractivity contribution in [2.45, 2.75) is 33.6 Å². The number of rotatable bonds is 5. The molecule has 0 aliphatic heterocycles. The minimum absolute atomic E-state index is 0.182. The smallest absolute Gasteiger partial charge is 0.328 e. The molecule has 0 bridgehead atoms. The summed E-state index contributed by atoms with van der Waals surface area (Å²) in [5.74, 6) is -1.10. The van der Waals surface area contributed by atoms with Crippen LogP contribution >= 0.6 is 0 Å². The van der Waals surface area contributed by atoms with Crippen LogP contribution in [0, 0.1) is 0 Å². The van der Waals surface area contributed by atoms with E-state index in [-0.39, 0.29) is 5.97 Å². The van der Waals surface area contributed by atoms with Crippen LogP contribution in [0.4, 0.5) is 0 Å². The molecule has 0 radical (unpaired) electrons. The molecule has 16 heavy (non-hydrogen) atoms. The maximum absolute atomic E-state index is 10.1. The highest BCUT2D eigenvalue weighted by molar-refractivity contribution is 5.80. The number of carbonyl (C=O) groups is 2. The maximum Gasteiger partial charge on any atom is 0.328 e. The summed E-state index contributed by atoms with van der Waals surface area (Å²) in [6.45, 7) is 5.89. The number of carboxylic acid groups (broad SMARTS) is 1. The Bertz CT molecular complexity index is 241. The minimum Gasteiger partial charge on any atom is -0.478 e. The first-order valence-electron chi connectivity index (χ1n) is 5.20. The Labute approximate surface area is 96.6 Å². The Kier molecular flexibility index (Phi) is 14.1. The number of allylic oxidation sites excluding steroid dienone is 3. The number of carboxylic acids is 1. The fourth-order valence-electron chi connectivity index (χ4n) is 0.609. The predicted molar refractivity (Wildman–Crippen MR) is 63.1 cm³/mol. The van der Waals surface area contributed by atoms with Crippen LogP contribution in [-0.2, 0) is 14.3 Å². The summed E-state index contributed by atoms with van der Waals surface area (Å²) >= 11 is 0. The van der Waals surface area contributed by atoms with Crippen molar-refractivity contribution in [2.24, 2.45) is 0 Å². The maximum atomic E-state index is 10.1. The average molecular weight is 228 g/mol. The predicted octanol–water partition coefficient (Wildman–Crippen LogP) is 2.55. The standard InChI is InChI=1S/C6H12O2.C6H8O2/c1-3-4-5-8-6(2)7;1-2-3-4-5-6(7)8/h3-5H2,1-2H3;2-5H,1H3,(H,7,8)/b;3-2+,5-4+. The molecule has 0 rings (SSSR count). The summed E-state index contributed by atoms with van der Waals surface area (Å²) < 4.78 is 4.64. The van der Waals surface area contributed by atoms with Crippen LogP contribution in [0.2, 0.25) is 0 Å². The molecule has 0 aromatic carbocycles. The molecule has 0 aromatic heterocycles. The summed E-state index contributed by atoms with van der Waals surface area (Å²) in [5.41, 5.74) is 0. The molecule has 0 heterocycles. The summed E-state index contributed by atoms with van der Waals surface area (Å²) in [5, 5.41) is 8.02. The highest BCUT2D eigenvalue weighted by atomic mass is 16.5. The number of carbonyl (C=O) groups excluding carboxylic acids is 1. The Morgan fingerprint density at radius 3 is 2.31 bits per heavy atom. The third-order valence-electron chi connectivity index (χ3n) is 1.35. The van der Waals surface area contributed by atoms with E-state index in [0.29, 0.717) is 6.61 Å². The van der Waals surface area contributed by atoms with Crippen LogP contribution in [0.1, 0.15) is 33.6 Å². The van der Waals surface area contributed by atoms with Gasteiger partial charge < -0.3 is 9.84 Å². The summed E-state index contributed by atoms with van der Waals surface area (Å²) in [6.07, 6.45) is 8.03. The lowest BCUT2D eigenvalue weighted by Gasteiger charge is -1.96. The van der Waals surface area contributed by atoms with E-state index < -0.39 is 5.97 Å². The van der Waals surface area contributed by atoms with Crippen LogP contribution < -0.4 is 0 Å². The molecule has 0 spiro atoms. The van der Waals surface area contributed by atoms with Gasteiger partial charge in [-0.3, -0.25) is 4.79 Å². The van der Waals surface area contributed by atoms with Gasteiger partial charge in [-0.05, 0) is 13.3 Å². The molecule has 4 nitrogen and oxygen atoms in total. The molecule has 0 aliphatic carbocycles. The van der Waals surface area contributed by atoms with E-state index in [9.17, 15) is 9.59 Å². The zero-order chi connectivity index (χ0) is 12.8. The normalized spacial score (nSPS) is 9.94. The third-order valence-corrected chi connectivity index (χ3v) is 1.35. The molecule has 0 saturated heterocycles. The molecule has 92 valence electrons. The Balaban J connectivity index is 0. The molecule has 0 aliphatic rings. The van der Waals surface area contributed by atoms with Gasteiger partial charge in [0.25, 0.3) is 0 Å². The van der Waals surface area contributed by atoms with Crippen LogP contribution in [0.5, 0.6) is 0 Å². The fourth-order valence-corrected chi connectivity index (χ4v) is 0.609. The van der Waals surface area contributed by atoms with E-state index in [1.807, 2.05) is 6.92 Å². The Morgan fingerprint density at radius 1 is 1.31 bits per heavy atom. The van der Waals surface area contributed by atoms with Crippen molar-refractivity contribution in [3.63, 3.8) is 0 Å².